The summed E-state index contributed by atoms with van der Waals surface area (Å²) in [6, 6.07) is 5.94. The predicted molar refractivity (Wildman–Crippen MR) is 55.8 cm³/mol. The van der Waals surface area contributed by atoms with Crippen molar-refractivity contribution in [3.8, 4) is 0 Å². The molecule has 0 bridgehead atoms. The Labute approximate surface area is 80.6 Å². The molecule has 64 valence electrons. The van der Waals surface area contributed by atoms with E-state index in [9.17, 15) is 0 Å². The largest absolute Gasteiger partial charge is 0.387 e. The van der Waals surface area contributed by atoms with Crippen LogP contribution in [0.4, 0.5) is 5.69 Å². The molecule has 0 amide bonds. The molecular formula is C9H11BrN2. The Morgan fingerprint density at radius 2 is 2.17 bits per heavy atom. The van der Waals surface area contributed by atoms with Crippen molar-refractivity contribution >= 4 is 27.5 Å². The molecule has 0 heterocycles. The predicted octanol–water partition coefficient (Wildman–Crippen LogP) is 2.77. The van der Waals surface area contributed by atoms with E-state index in [1.54, 1.807) is 6.92 Å². The maximum absolute atomic E-state index is 5.48. The highest BCUT2D eigenvalue weighted by atomic mass is 79.9. The number of hydrogen-bond acceptors (Lipinski definition) is 1. The first-order valence-electron chi connectivity index (χ1n) is 3.66. The standard InChI is InChI=1S/C9H11BrN2/c1-6-3-4-8(10)5-9(6)12-7(2)11/h3-5H,1-2H3,(H2,11,12). The monoisotopic (exact) mass is 226 g/mol. The topological polar surface area (TPSA) is 38.4 Å². The van der Waals surface area contributed by atoms with E-state index in [0.717, 1.165) is 15.7 Å². The minimum atomic E-state index is 0.580. The Kier molecular flexibility index (Phi) is 2.87. The highest BCUT2D eigenvalue weighted by molar-refractivity contribution is 9.10. The highest BCUT2D eigenvalue weighted by Gasteiger charge is 1.96. The van der Waals surface area contributed by atoms with E-state index in [0.29, 0.717) is 5.84 Å². The van der Waals surface area contributed by atoms with E-state index >= 15 is 0 Å². The van der Waals surface area contributed by atoms with Crippen molar-refractivity contribution in [1.82, 2.24) is 0 Å². The molecule has 0 unspecified atom stereocenters. The number of amidine groups is 1. The Bertz CT molecular complexity index is 314. The lowest BCUT2D eigenvalue weighted by Crippen LogP contribution is -2.03. The second kappa shape index (κ2) is 3.72. The summed E-state index contributed by atoms with van der Waals surface area (Å²) < 4.78 is 1.02. The molecule has 2 N–H and O–H groups in total. The van der Waals surface area contributed by atoms with Gasteiger partial charge >= 0.3 is 0 Å². The number of rotatable bonds is 1. The maximum atomic E-state index is 5.48. The van der Waals surface area contributed by atoms with Crippen LogP contribution in [-0.2, 0) is 0 Å². The van der Waals surface area contributed by atoms with Crippen LogP contribution in [0, 0.1) is 6.92 Å². The SMILES string of the molecule is CC(N)=Nc1cc(Br)ccc1C. The van der Waals surface area contributed by atoms with Crippen LogP contribution < -0.4 is 5.73 Å². The van der Waals surface area contributed by atoms with Gasteiger partial charge < -0.3 is 5.73 Å². The Morgan fingerprint density at radius 3 is 2.75 bits per heavy atom. The number of hydrogen-bond donors (Lipinski definition) is 1. The molecule has 0 atom stereocenters. The van der Waals surface area contributed by atoms with Crippen molar-refractivity contribution in [3.05, 3.63) is 28.2 Å². The number of benzene rings is 1. The first-order valence-corrected chi connectivity index (χ1v) is 4.46. The van der Waals surface area contributed by atoms with Gasteiger partial charge in [-0.15, -0.1) is 0 Å². The summed E-state index contributed by atoms with van der Waals surface area (Å²) in [6.07, 6.45) is 0. The molecule has 12 heavy (non-hydrogen) atoms. The molecule has 0 aliphatic rings. The number of aliphatic imine (C=N–C) groups is 1. The zero-order valence-corrected chi connectivity index (χ0v) is 8.72. The Balaban J connectivity index is 3.14. The van der Waals surface area contributed by atoms with Crippen LogP contribution in [-0.4, -0.2) is 5.84 Å². The van der Waals surface area contributed by atoms with Gasteiger partial charge in [0.05, 0.1) is 11.5 Å². The lowest BCUT2D eigenvalue weighted by Gasteiger charge is -2.00. The average molecular weight is 227 g/mol. The normalized spacial score (nSPS) is 11.8. The first-order chi connectivity index (χ1) is 5.59. The van der Waals surface area contributed by atoms with Crippen LogP contribution >= 0.6 is 15.9 Å². The number of nitrogens with zero attached hydrogens (tertiary/aromatic N) is 1. The molecule has 0 saturated carbocycles. The molecule has 0 fully saturated rings. The second-order valence-corrected chi connectivity index (χ2v) is 3.60. The van der Waals surface area contributed by atoms with Gasteiger partial charge in [0.1, 0.15) is 0 Å². The summed E-state index contributed by atoms with van der Waals surface area (Å²) in [5.74, 6) is 0.580. The lowest BCUT2D eigenvalue weighted by molar-refractivity contribution is 1.36. The third-order valence-electron chi connectivity index (χ3n) is 1.47. The molecule has 0 aliphatic heterocycles. The Morgan fingerprint density at radius 1 is 1.50 bits per heavy atom. The quantitative estimate of drug-likeness (QED) is 0.581. The van der Waals surface area contributed by atoms with E-state index in [1.165, 1.54) is 0 Å². The third-order valence-corrected chi connectivity index (χ3v) is 1.96. The molecule has 0 radical (unpaired) electrons. The highest BCUT2D eigenvalue weighted by Crippen LogP contribution is 2.23. The fourth-order valence-corrected chi connectivity index (χ4v) is 1.24. The molecular weight excluding hydrogens is 216 g/mol. The molecule has 0 spiro atoms. The number of aryl methyl sites for hydroxylation is 1. The number of halogens is 1. The number of nitrogens with two attached hydrogens (primary N) is 1. The van der Waals surface area contributed by atoms with E-state index in [-0.39, 0.29) is 0 Å². The zero-order valence-electron chi connectivity index (χ0n) is 7.13. The summed E-state index contributed by atoms with van der Waals surface area (Å²) in [6.45, 7) is 3.79. The van der Waals surface area contributed by atoms with Crippen molar-refractivity contribution in [1.29, 1.82) is 0 Å². The van der Waals surface area contributed by atoms with Crippen LogP contribution in [0.3, 0.4) is 0 Å². The first kappa shape index (κ1) is 9.26. The Hall–Kier alpha value is -0.830. The zero-order chi connectivity index (χ0) is 9.14. The average Bonchev–Trinajstić information content (AvgIpc) is 1.96. The van der Waals surface area contributed by atoms with Crippen molar-refractivity contribution in [2.75, 3.05) is 0 Å². The molecule has 0 aromatic heterocycles. The third kappa shape index (κ3) is 2.34. The fourth-order valence-electron chi connectivity index (χ4n) is 0.893. The second-order valence-electron chi connectivity index (χ2n) is 2.68. The van der Waals surface area contributed by atoms with Crippen LogP contribution in [0.1, 0.15) is 12.5 Å². The smallest absolute Gasteiger partial charge is 0.0965 e. The van der Waals surface area contributed by atoms with E-state index < -0.39 is 0 Å². The molecule has 2 nitrogen and oxygen atoms in total. The fraction of sp³-hybridized carbons (Fsp3) is 0.222. The van der Waals surface area contributed by atoms with Crippen molar-refractivity contribution in [3.63, 3.8) is 0 Å². The minimum absolute atomic E-state index is 0.580. The van der Waals surface area contributed by atoms with Gasteiger partial charge in [-0.3, -0.25) is 0 Å². The molecule has 3 heteroatoms. The molecule has 0 aliphatic carbocycles. The van der Waals surface area contributed by atoms with E-state index in [2.05, 4.69) is 20.9 Å². The van der Waals surface area contributed by atoms with Crippen molar-refractivity contribution < 1.29 is 0 Å². The van der Waals surface area contributed by atoms with Gasteiger partial charge in [0.25, 0.3) is 0 Å². The van der Waals surface area contributed by atoms with Gasteiger partial charge in [-0.25, -0.2) is 4.99 Å². The molecule has 1 aromatic carbocycles. The summed E-state index contributed by atoms with van der Waals surface area (Å²) in [7, 11) is 0. The molecule has 1 rings (SSSR count). The minimum Gasteiger partial charge on any atom is -0.387 e. The summed E-state index contributed by atoms with van der Waals surface area (Å²) >= 11 is 3.38. The van der Waals surface area contributed by atoms with Gasteiger partial charge in [-0.2, -0.15) is 0 Å². The summed E-state index contributed by atoms with van der Waals surface area (Å²) in [4.78, 5) is 4.18. The summed E-state index contributed by atoms with van der Waals surface area (Å²) in [5.41, 5.74) is 7.53. The van der Waals surface area contributed by atoms with Crippen molar-refractivity contribution in [2.45, 2.75) is 13.8 Å². The summed E-state index contributed by atoms with van der Waals surface area (Å²) in [5, 5.41) is 0. The van der Waals surface area contributed by atoms with Gasteiger partial charge in [0.2, 0.25) is 0 Å². The van der Waals surface area contributed by atoms with Gasteiger partial charge in [0.15, 0.2) is 0 Å². The van der Waals surface area contributed by atoms with E-state index in [4.69, 9.17) is 5.73 Å². The van der Waals surface area contributed by atoms with Crippen LogP contribution in [0.5, 0.6) is 0 Å². The van der Waals surface area contributed by atoms with Gasteiger partial charge in [0, 0.05) is 4.47 Å². The van der Waals surface area contributed by atoms with Crippen LogP contribution in [0.15, 0.2) is 27.7 Å². The lowest BCUT2D eigenvalue weighted by atomic mass is 10.2. The van der Waals surface area contributed by atoms with Gasteiger partial charge in [-0.1, -0.05) is 22.0 Å². The van der Waals surface area contributed by atoms with Gasteiger partial charge in [-0.05, 0) is 31.5 Å². The van der Waals surface area contributed by atoms with Crippen molar-refractivity contribution in [2.24, 2.45) is 10.7 Å². The van der Waals surface area contributed by atoms with E-state index in [1.807, 2.05) is 25.1 Å². The van der Waals surface area contributed by atoms with Crippen LogP contribution in [0.25, 0.3) is 0 Å². The maximum Gasteiger partial charge on any atom is 0.0965 e. The van der Waals surface area contributed by atoms with Crippen LogP contribution in [0.2, 0.25) is 0 Å². The molecule has 0 saturated heterocycles. The molecule has 1 aromatic rings.